The first-order chi connectivity index (χ1) is 11.7. The van der Waals surface area contributed by atoms with Crippen LogP contribution in [0.4, 0.5) is 8.78 Å². The molecule has 1 fully saturated rings. The molecule has 0 unspecified atom stereocenters. The molecule has 1 aromatic rings. The van der Waals surface area contributed by atoms with Gasteiger partial charge in [0.05, 0.1) is 11.6 Å². The highest BCUT2D eigenvalue weighted by Gasteiger charge is 2.31. The predicted molar refractivity (Wildman–Crippen MR) is 95.4 cm³/mol. The number of rotatable bonds is 5. The predicted octanol–water partition coefficient (Wildman–Crippen LogP) is 4.55. The van der Waals surface area contributed by atoms with E-state index in [-0.39, 0.29) is 17.4 Å². The normalized spacial score (nSPS) is 19.9. The van der Waals surface area contributed by atoms with Gasteiger partial charge in [0.2, 0.25) is 0 Å². The average molecular weight is 353 g/mol. The lowest BCUT2D eigenvalue weighted by molar-refractivity contribution is 0.355. The summed E-state index contributed by atoms with van der Waals surface area (Å²) in [4.78, 5) is 6.48. The molecule has 1 atom stereocenters. The maximum atomic E-state index is 14.1. The van der Waals surface area contributed by atoms with Crippen LogP contribution in [0.5, 0.6) is 0 Å². The van der Waals surface area contributed by atoms with Crippen molar-refractivity contribution in [2.45, 2.75) is 18.9 Å². The first-order valence-corrected chi connectivity index (χ1v) is 8.87. The number of thioether (sulfide) groups is 1. The van der Waals surface area contributed by atoms with Gasteiger partial charge >= 0.3 is 0 Å². The van der Waals surface area contributed by atoms with Crippen molar-refractivity contribution in [2.75, 3.05) is 26.5 Å². The molecule has 130 valence electrons. The molecule has 0 amide bonds. The van der Waals surface area contributed by atoms with Crippen molar-refractivity contribution in [3.05, 3.63) is 48.2 Å². The van der Waals surface area contributed by atoms with Crippen LogP contribution >= 0.6 is 11.8 Å². The second kappa shape index (κ2) is 8.82. The minimum absolute atomic E-state index is 0.0594. The zero-order valence-corrected chi connectivity index (χ0v) is 14.7. The van der Waals surface area contributed by atoms with Crippen LogP contribution in [-0.2, 0) is 0 Å². The molecule has 0 bridgehead atoms. The van der Waals surface area contributed by atoms with Crippen LogP contribution in [-0.4, -0.2) is 41.7 Å². The largest absolute Gasteiger partial charge is 0.356 e. The lowest BCUT2D eigenvalue weighted by Gasteiger charge is -2.24. The topological polar surface area (TPSA) is 41.6 Å². The van der Waals surface area contributed by atoms with Crippen molar-refractivity contribution in [1.82, 2.24) is 10.1 Å². The number of aromatic nitrogens is 1. The molecule has 0 radical (unpaired) electrons. The maximum Gasteiger partial charge on any atom is 0.170 e. The van der Waals surface area contributed by atoms with Gasteiger partial charge in [-0.1, -0.05) is 35.6 Å². The SMILES string of the molecule is C=C/C(=C(F)\C=C/CF)c1cc([C@H]2CCCN2C(=NC)SC)no1. The molecule has 1 saturated heterocycles. The van der Waals surface area contributed by atoms with Gasteiger partial charge < -0.3 is 9.42 Å². The van der Waals surface area contributed by atoms with Crippen molar-refractivity contribution in [3.8, 4) is 0 Å². The summed E-state index contributed by atoms with van der Waals surface area (Å²) in [6, 6.07) is 1.78. The van der Waals surface area contributed by atoms with Crippen LogP contribution in [0, 0.1) is 0 Å². The molecule has 4 nitrogen and oxygen atoms in total. The van der Waals surface area contributed by atoms with Crippen LogP contribution in [0.2, 0.25) is 0 Å². The Kier molecular flexibility index (Phi) is 6.78. The number of hydrogen-bond donors (Lipinski definition) is 0. The first kappa shape index (κ1) is 18.4. The number of alkyl halides is 1. The van der Waals surface area contributed by atoms with E-state index in [1.807, 2.05) is 6.26 Å². The summed E-state index contributed by atoms with van der Waals surface area (Å²) in [5.74, 6) is -0.319. The molecule has 0 spiro atoms. The van der Waals surface area contributed by atoms with E-state index in [0.717, 1.165) is 42.4 Å². The molecule has 24 heavy (non-hydrogen) atoms. The summed E-state index contributed by atoms with van der Waals surface area (Å²) in [6.45, 7) is 3.77. The lowest BCUT2D eigenvalue weighted by Crippen LogP contribution is -2.28. The Morgan fingerprint density at radius 1 is 1.62 bits per heavy atom. The second-order valence-corrected chi connectivity index (χ2v) is 5.97. The molecular formula is C17H21F2N3OS. The van der Waals surface area contributed by atoms with E-state index in [9.17, 15) is 8.78 Å². The summed E-state index contributed by atoms with van der Waals surface area (Å²) in [5.41, 5.74) is 0.900. The molecule has 2 rings (SSSR count). The van der Waals surface area contributed by atoms with Crippen molar-refractivity contribution >= 4 is 22.5 Å². The molecule has 2 heterocycles. The van der Waals surface area contributed by atoms with E-state index >= 15 is 0 Å². The summed E-state index contributed by atoms with van der Waals surface area (Å²) in [7, 11) is 1.76. The van der Waals surface area contributed by atoms with Gasteiger partial charge in [-0.25, -0.2) is 8.78 Å². The van der Waals surface area contributed by atoms with E-state index in [2.05, 4.69) is 21.6 Å². The van der Waals surface area contributed by atoms with Crippen molar-refractivity contribution in [1.29, 1.82) is 0 Å². The third-order valence-electron chi connectivity index (χ3n) is 3.82. The quantitative estimate of drug-likeness (QED) is 0.442. The van der Waals surface area contributed by atoms with Gasteiger partial charge in [-0.05, 0) is 25.2 Å². The van der Waals surface area contributed by atoms with Gasteiger partial charge in [-0.15, -0.1) is 0 Å². The fraction of sp³-hybridized carbons (Fsp3) is 0.412. The van der Waals surface area contributed by atoms with Gasteiger partial charge in [-0.3, -0.25) is 4.99 Å². The molecule has 1 aliphatic rings. The molecule has 1 aliphatic heterocycles. The third-order valence-corrected chi connectivity index (χ3v) is 4.60. The number of halogens is 2. The van der Waals surface area contributed by atoms with Crippen LogP contribution < -0.4 is 0 Å². The number of likely N-dealkylation sites (tertiary alicyclic amines) is 1. The Hall–Kier alpha value is -1.89. The maximum absolute atomic E-state index is 14.1. The Labute approximate surface area is 145 Å². The minimum Gasteiger partial charge on any atom is -0.356 e. The zero-order chi connectivity index (χ0) is 17.5. The first-order valence-electron chi connectivity index (χ1n) is 7.65. The Balaban J connectivity index is 2.29. The van der Waals surface area contributed by atoms with E-state index in [1.54, 1.807) is 24.9 Å². The lowest BCUT2D eigenvalue weighted by atomic mass is 10.1. The highest BCUT2D eigenvalue weighted by atomic mass is 32.2. The number of nitrogens with zero attached hydrogens (tertiary/aromatic N) is 3. The minimum atomic E-state index is -0.732. The van der Waals surface area contributed by atoms with E-state index in [0.29, 0.717) is 0 Å². The summed E-state index contributed by atoms with van der Waals surface area (Å²) >= 11 is 1.58. The Morgan fingerprint density at radius 2 is 2.42 bits per heavy atom. The highest BCUT2D eigenvalue weighted by Crippen LogP contribution is 2.35. The summed E-state index contributed by atoms with van der Waals surface area (Å²) in [6.07, 6.45) is 7.45. The molecule has 0 aromatic carbocycles. The average Bonchev–Trinajstić information content (AvgIpc) is 3.24. The third kappa shape index (κ3) is 3.95. The van der Waals surface area contributed by atoms with Crippen molar-refractivity contribution in [3.63, 3.8) is 0 Å². The van der Waals surface area contributed by atoms with E-state index < -0.39 is 12.5 Å². The van der Waals surface area contributed by atoms with E-state index in [4.69, 9.17) is 4.52 Å². The molecular weight excluding hydrogens is 332 g/mol. The number of aliphatic imine (C=N–C) groups is 1. The fourth-order valence-electron chi connectivity index (χ4n) is 2.77. The number of allylic oxidation sites excluding steroid dienone is 5. The number of amidine groups is 1. The standard InChI is InChI=1S/C17H21F2N3OS/c1-4-12(13(19)7-5-9-18)16-11-14(21-23-16)15-8-6-10-22(15)17(20-2)24-3/h4-5,7,11,15H,1,6,8-10H2,2-3H3/b7-5-,13-12-,20-17?/t15-/m1/s1. The zero-order valence-electron chi connectivity index (χ0n) is 13.8. The van der Waals surface area contributed by atoms with Gasteiger partial charge in [-0.2, -0.15) is 0 Å². The van der Waals surface area contributed by atoms with Gasteiger partial charge in [0.1, 0.15) is 18.2 Å². The Bertz CT molecular complexity index is 667. The smallest absolute Gasteiger partial charge is 0.170 e. The molecule has 0 saturated carbocycles. The van der Waals surface area contributed by atoms with Gasteiger partial charge in [0.15, 0.2) is 10.9 Å². The highest BCUT2D eigenvalue weighted by molar-refractivity contribution is 8.13. The summed E-state index contributed by atoms with van der Waals surface area (Å²) in [5, 5.41) is 5.05. The fourth-order valence-corrected chi connectivity index (χ4v) is 3.40. The van der Waals surface area contributed by atoms with E-state index in [1.165, 1.54) is 6.08 Å². The Morgan fingerprint density at radius 3 is 3.04 bits per heavy atom. The molecule has 7 heteroatoms. The van der Waals surface area contributed by atoms with Gasteiger partial charge in [0.25, 0.3) is 0 Å². The van der Waals surface area contributed by atoms with Crippen LogP contribution in [0.3, 0.4) is 0 Å². The van der Waals surface area contributed by atoms with Crippen LogP contribution in [0.1, 0.15) is 30.3 Å². The summed E-state index contributed by atoms with van der Waals surface area (Å²) < 4.78 is 31.5. The van der Waals surface area contributed by atoms with Crippen LogP contribution in [0.15, 0.2) is 46.2 Å². The molecule has 1 aromatic heterocycles. The number of hydrogen-bond acceptors (Lipinski definition) is 4. The van der Waals surface area contributed by atoms with Crippen LogP contribution in [0.25, 0.3) is 5.57 Å². The van der Waals surface area contributed by atoms with Crippen molar-refractivity contribution < 1.29 is 13.3 Å². The second-order valence-electron chi connectivity index (χ2n) is 5.20. The molecule has 0 N–H and O–H groups in total. The monoisotopic (exact) mass is 353 g/mol. The molecule has 0 aliphatic carbocycles. The van der Waals surface area contributed by atoms with Gasteiger partial charge in [0, 0.05) is 19.7 Å². The van der Waals surface area contributed by atoms with Crippen molar-refractivity contribution in [2.24, 2.45) is 4.99 Å².